The van der Waals surface area contributed by atoms with Gasteiger partial charge in [0, 0.05) is 19.3 Å². The standard InChI is InChI=1S/C22H30N4O/c1-25(15-21-19-10-6-3-7-11-20(19)23-24-21)22(27)16-26-13-12-18(14-26)17-8-4-2-5-9-17/h2,4-5,8-9,18H,3,6-7,10-16H2,1H3,(H,23,24). The molecular formula is C22H30N4O. The van der Waals surface area contributed by atoms with Gasteiger partial charge in [0.25, 0.3) is 0 Å². The molecule has 1 aromatic heterocycles. The molecule has 0 spiro atoms. The van der Waals surface area contributed by atoms with Crippen LogP contribution in [0.3, 0.4) is 0 Å². The van der Waals surface area contributed by atoms with Gasteiger partial charge in [-0.3, -0.25) is 14.8 Å². The predicted octanol–water partition coefficient (Wildman–Crippen LogP) is 3.13. The molecule has 2 aromatic rings. The molecule has 0 bridgehead atoms. The van der Waals surface area contributed by atoms with Gasteiger partial charge in [0.2, 0.25) is 5.91 Å². The van der Waals surface area contributed by atoms with Gasteiger partial charge in [-0.1, -0.05) is 36.8 Å². The number of likely N-dealkylation sites (N-methyl/N-ethyl adjacent to an activating group) is 1. The van der Waals surface area contributed by atoms with Crippen LogP contribution in [0.1, 0.15) is 54.1 Å². The summed E-state index contributed by atoms with van der Waals surface area (Å²) in [5.41, 5.74) is 5.09. The Morgan fingerprint density at radius 3 is 2.89 bits per heavy atom. The molecule has 1 amide bonds. The number of carbonyl (C=O) groups excluding carboxylic acids is 1. The Kier molecular flexibility index (Phi) is 5.58. The number of aryl methyl sites for hydroxylation is 1. The largest absolute Gasteiger partial charge is 0.339 e. The lowest BCUT2D eigenvalue weighted by Gasteiger charge is -2.21. The third kappa shape index (κ3) is 4.24. The molecule has 0 radical (unpaired) electrons. The number of aromatic amines is 1. The van der Waals surface area contributed by atoms with Crippen molar-refractivity contribution in [3.05, 3.63) is 52.8 Å². The van der Waals surface area contributed by atoms with Crippen molar-refractivity contribution in [3.63, 3.8) is 0 Å². The zero-order chi connectivity index (χ0) is 18.6. The number of benzene rings is 1. The van der Waals surface area contributed by atoms with Gasteiger partial charge in [-0.2, -0.15) is 5.10 Å². The smallest absolute Gasteiger partial charge is 0.236 e. The zero-order valence-corrected chi connectivity index (χ0v) is 16.3. The summed E-state index contributed by atoms with van der Waals surface area (Å²) in [6.45, 7) is 3.09. The number of fused-ring (bicyclic) bond motifs is 1. The summed E-state index contributed by atoms with van der Waals surface area (Å²) in [6.07, 6.45) is 7.07. The second-order valence-corrected chi connectivity index (χ2v) is 8.07. The van der Waals surface area contributed by atoms with Crippen molar-refractivity contribution in [2.75, 3.05) is 26.7 Å². The molecule has 4 rings (SSSR count). The van der Waals surface area contributed by atoms with E-state index in [0.29, 0.717) is 19.0 Å². The van der Waals surface area contributed by atoms with E-state index in [9.17, 15) is 4.79 Å². The number of H-pyrrole nitrogens is 1. The lowest BCUT2D eigenvalue weighted by Crippen LogP contribution is -2.37. The molecule has 0 saturated carbocycles. The molecule has 1 aliphatic carbocycles. The molecule has 27 heavy (non-hydrogen) atoms. The Morgan fingerprint density at radius 1 is 1.22 bits per heavy atom. The maximum Gasteiger partial charge on any atom is 0.236 e. The quantitative estimate of drug-likeness (QED) is 0.827. The fourth-order valence-corrected chi connectivity index (χ4v) is 4.46. The molecule has 5 nitrogen and oxygen atoms in total. The van der Waals surface area contributed by atoms with Crippen molar-refractivity contribution in [1.29, 1.82) is 0 Å². The van der Waals surface area contributed by atoms with Crippen LogP contribution in [-0.2, 0) is 24.2 Å². The van der Waals surface area contributed by atoms with Crippen molar-refractivity contribution in [2.24, 2.45) is 0 Å². The lowest BCUT2D eigenvalue weighted by molar-refractivity contribution is -0.131. The lowest BCUT2D eigenvalue weighted by atomic mass is 9.99. The number of hydrogen-bond donors (Lipinski definition) is 1. The number of rotatable bonds is 5. The SMILES string of the molecule is CN(Cc1n[nH]c2c1CCCCC2)C(=O)CN1CCC(c2ccccc2)C1. The summed E-state index contributed by atoms with van der Waals surface area (Å²) in [5.74, 6) is 0.737. The van der Waals surface area contributed by atoms with Gasteiger partial charge in [-0.05, 0) is 55.7 Å². The average molecular weight is 367 g/mol. The summed E-state index contributed by atoms with van der Waals surface area (Å²) in [5, 5.41) is 7.72. The van der Waals surface area contributed by atoms with Crippen LogP contribution in [-0.4, -0.2) is 52.6 Å². The van der Waals surface area contributed by atoms with Crippen LogP contribution in [0.25, 0.3) is 0 Å². The van der Waals surface area contributed by atoms with E-state index >= 15 is 0 Å². The van der Waals surface area contributed by atoms with Crippen molar-refractivity contribution in [1.82, 2.24) is 20.0 Å². The van der Waals surface area contributed by atoms with E-state index in [1.54, 1.807) is 0 Å². The number of likely N-dealkylation sites (tertiary alicyclic amines) is 1. The van der Waals surface area contributed by atoms with Crippen LogP contribution in [0.4, 0.5) is 0 Å². The molecule has 1 unspecified atom stereocenters. The number of carbonyl (C=O) groups is 1. The topological polar surface area (TPSA) is 52.2 Å². The molecular weight excluding hydrogens is 336 g/mol. The molecule has 1 fully saturated rings. The van der Waals surface area contributed by atoms with Crippen molar-refractivity contribution in [3.8, 4) is 0 Å². The molecule has 144 valence electrons. The average Bonchev–Trinajstić information content (AvgIpc) is 3.23. The molecule has 1 aromatic carbocycles. The minimum Gasteiger partial charge on any atom is -0.339 e. The first-order valence-electron chi connectivity index (χ1n) is 10.3. The highest BCUT2D eigenvalue weighted by atomic mass is 16.2. The first kappa shape index (κ1) is 18.2. The predicted molar refractivity (Wildman–Crippen MR) is 107 cm³/mol. The van der Waals surface area contributed by atoms with Crippen LogP contribution in [0.15, 0.2) is 30.3 Å². The fourth-order valence-electron chi connectivity index (χ4n) is 4.46. The van der Waals surface area contributed by atoms with Crippen LogP contribution >= 0.6 is 0 Å². The van der Waals surface area contributed by atoms with Crippen molar-refractivity contribution in [2.45, 2.75) is 51.0 Å². The van der Waals surface area contributed by atoms with Crippen molar-refractivity contribution >= 4 is 5.91 Å². The van der Waals surface area contributed by atoms with Gasteiger partial charge in [0.15, 0.2) is 0 Å². The Bertz CT molecular complexity index is 770. The summed E-state index contributed by atoms with van der Waals surface area (Å²) in [4.78, 5) is 16.9. The summed E-state index contributed by atoms with van der Waals surface area (Å²) in [6, 6.07) is 10.7. The summed E-state index contributed by atoms with van der Waals surface area (Å²) in [7, 11) is 1.91. The van der Waals surface area contributed by atoms with E-state index in [4.69, 9.17) is 0 Å². The van der Waals surface area contributed by atoms with E-state index in [1.165, 1.54) is 36.1 Å². The summed E-state index contributed by atoms with van der Waals surface area (Å²) < 4.78 is 0. The molecule has 2 heterocycles. The highest BCUT2D eigenvalue weighted by Gasteiger charge is 2.26. The summed E-state index contributed by atoms with van der Waals surface area (Å²) >= 11 is 0. The first-order chi connectivity index (χ1) is 13.2. The highest BCUT2D eigenvalue weighted by molar-refractivity contribution is 5.78. The normalized spacial score (nSPS) is 20.3. The van der Waals surface area contributed by atoms with Gasteiger partial charge >= 0.3 is 0 Å². The van der Waals surface area contributed by atoms with Crippen LogP contribution in [0.5, 0.6) is 0 Å². The van der Waals surface area contributed by atoms with Gasteiger partial charge in [0.1, 0.15) is 0 Å². The molecule has 1 N–H and O–H groups in total. The number of nitrogens with one attached hydrogen (secondary N) is 1. The van der Waals surface area contributed by atoms with Crippen molar-refractivity contribution < 1.29 is 4.79 Å². The second kappa shape index (κ2) is 8.26. The number of nitrogens with zero attached hydrogens (tertiary/aromatic N) is 3. The van der Waals surface area contributed by atoms with E-state index in [0.717, 1.165) is 38.0 Å². The fraction of sp³-hybridized carbons (Fsp3) is 0.545. The molecule has 1 aliphatic heterocycles. The maximum atomic E-state index is 12.8. The maximum absolute atomic E-state index is 12.8. The molecule has 5 heteroatoms. The van der Waals surface area contributed by atoms with E-state index in [1.807, 2.05) is 11.9 Å². The van der Waals surface area contributed by atoms with E-state index < -0.39 is 0 Å². The van der Waals surface area contributed by atoms with E-state index in [-0.39, 0.29) is 5.91 Å². The number of hydrogen-bond acceptors (Lipinski definition) is 3. The third-order valence-electron chi connectivity index (χ3n) is 6.11. The molecule has 1 saturated heterocycles. The van der Waals surface area contributed by atoms with Crippen LogP contribution in [0, 0.1) is 0 Å². The highest BCUT2D eigenvalue weighted by Crippen LogP contribution is 2.27. The Hall–Kier alpha value is -2.14. The Balaban J connectivity index is 1.32. The number of aromatic nitrogens is 2. The Morgan fingerprint density at radius 2 is 2.04 bits per heavy atom. The second-order valence-electron chi connectivity index (χ2n) is 8.07. The van der Waals surface area contributed by atoms with Crippen LogP contribution < -0.4 is 0 Å². The van der Waals surface area contributed by atoms with Gasteiger partial charge in [-0.15, -0.1) is 0 Å². The minimum atomic E-state index is 0.189. The van der Waals surface area contributed by atoms with Gasteiger partial charge in [0.05, 0.1) is 18.8 Å². The number of amides is 1. The minimum absolute atomic E-state index is 0.189. The monoisotopic (exact) mass is 366 g/mol. The van der Waals surface area contributed by atoms with Gasteiger partial charge in [-0.25, -0.2) is 0 Å². The van der Waals surface area contributed by atoms with E-state index in [2.05, 4.69) is 45.4 Å². The Labute approximate surface area is 161 Å². The zero-order valence-electron chi connectivity index (χ0n) is 16.3. The molecule has 2 aliphatic rings. The van der Waals surface area contributed by atoms with Crippen LogP contribution in [0.2, 0.25) is 0 Å². The third-order valence-corrected chi connectivity index (χ3v) is 6.11. The molecule has 1 atom stereocenters. The van der Waals surface area contributed by atoms with Gasteiger partial charge < -0.3 is 4.90 Å². The first-order valence-corrected chi connectivity index (χ1v) is 10.3.